The third-order valence-corrected chi connectivity index (χ3v) is 7.54. The number of aliphatic hydroxyl groups is 3. The standard InChI is InChI=1S/C28H47NO10/c1-17(13-25(34)37-11-9-7-5-4-6-8-10-23(31)29-15-24(32)33)12-21-27(36)26(35)20(16-38-21)14-22-28(39-22)18(2)19(3)30/h13,18-22,26-28,30,35-36H,4-12,14-16H2,1-3H3,(H,29,31)(H,32,33)/b17-13+/t18-,19-,20-,21-,22-,26+,27-,28-/m0/s1. The Morgan fingerprint density at radius 3 is 2.36 bits per heavy atom. The van der Waals surface area contributed by atoms with E-state index >= 15 is 0 Å². The summed E-state index contributed by atoms with van der Waals surface area (Å²) in [4.78, 5) is 34.0. The third kappa shape index (κ3) is 12.3. The van der Waals surface area contributed by atoms with Gasteiger partial charge in [0.15, 0.2) is 0 Å². The number of hydrogen-bond donors (Lipinski definition) is 5. The molecule has 0 aromatic heterocycles. The number of carbonyl (C=O) groups excluding carboxylic acids is 2. The van der Waals surface area contributed by atoms with Crippen molar-refractivity contribution in [3.05, 3.63) is 11.6 Å². The number of hydrogen-bond acceptors (Lipinski definition) is 9. The first-order valence-electron chi connectivity index (χ1n) is 14.1. The quantitative estimate of drug-likeness (QED) is 0.0722. The van der Waals surface area contributed by atoms with Gasteiger partial charge in [0.25, 0.3) is 0 Å². The molecule has 8 atom stereocenters. The molecule has 0 aromatic carbocycles. The maximum atomic E-state index is 12.1. The van der Waals surface area contributed by atoms with Crippen LogP contribution in [0.25, 0.3) is 0 Å². The Bertz CT molecular complexity index is 816. The summed E-state index contributed by atoms with van der Waals surface area (Å²) in [6.07, 6.45) is 4.48. The number of carboxylic acid groups (broad SMARTS) is 1. The summed E-state index contributed by atoms with van der Waals surface area (Å²) in [5.41, 5.74) is 0.693. The van der Waals surface area contributed by atoms with Gasteiger partial charge < -0.3 is 40.0 Å². The summed E-state index contributed by atoms with van der Waals surface area (Å²) in [5, 5.41) is 41.8. The van der Waals surface area contributed by atoms with E-state index in [1.807, 2.05) is 6.92 Å². The number of ether oxygens (including phenoxy) is 3. The second-order valence-corrected chi connectivity index (χ2v) is 11.0. The van der Waals surface area contributed by atoms with Crippen LogP contribution in [0, 0.1) is 11.8 Å². The number of aliphatic carboxylic acids is 1. The molecular weight excluding hydrogens is 510 g/mol. The van der Waals surface area contributed by atoms with E-state index in [1.165, 1.54) is 6.08 Å². The van der Waals surface area contributed by atoms with Crippen molar-refractivity contribution in [2.45, 2.75) is 115 Å². The number of nitrogens with one attached hydrogen (secondary N) is 1. The van der Waals surface area contributed by atoms with E-state index in [2.05, 4.69) is 5.32 Å². The highest BCUT2D eigenvalue weighted by molar-refractivity contribution is 5.82. The fourth-order valence-electron chi connectivity index (χ4n) is 4.86. The summed E-state index contributed by atoms with van der Waals surface area (Å²) in [6, 6.07) is 0. The lowest BCUT2D eigenvalue weighted by Crippen LogP contribution is -2.50. The number of amides is 1. The Labute approximate surface area is 230 Å². The van der Waals surface area contributed by atoms with Gasteiger partial charge in [-0.05, 0) is 39.5 Å². The summed E-state index contributed by atoms with van der Waals surface area (Å²) in [7, 11) is 0. The molecule has 2 heterocycles. The summed E-state index contributed by atoms with van der Waals surface area (Å²) in [5.74, 6) is -2.01. The first kappa shape index (κ1) is 33.2. The molecule has 0 radical (unpaired) electrons. The predicted octanol–water partition coefficient (Wildman–Crippen LogP) is 1.71. The van der Waals surface area contributed by atoms with Crippen molar-refractivity contribution in [1.29, 1.82) is 0 Å². The maximum Gasteiger partial charge on any atom is 0.330 e. The Kier molecular flexibility index (Phi) is 14.4. The first-order valence-corrected chi connectivity index (χ1v) is 14.1. The fraction of sp³-hybridized carbons (Fsp3) is 0.821. The molecule has 11 heteroatoms. The molecule has 2 aliphatic heterocycles. The summed E-state index contributed by atoms with van der Waals surface area (Å²) in [6.45, 7) is 5.66. The smallest absolute Gasteiger partial charge is 0.330 e. The average Bonchev–Trinajstić information content (AvgIpc) is 3.64. The van der Waals surface area contributed by atoms with Gasteiger partial charge >= 0.3 is 11.9 Å². The van der Waals surface area contributed by atoms with Crippen molar-refractivity contribution in [1.82, 2.24) is 5.32 Å². The van der Waals surface area contributed by atoms with Gasteiger partial charge in [-0.1, -0.05) is 38.2 Å². The maximum absolute atomic E-state index is 12.1. The van der Waals surface area contributed by atoms with E-state index < -0.39 is 36.4 Å². The van der Waals surface area contributed by atoms with Crippen LogP contribution < -0.4 is 5.32 Å². The molecule has 11 nitrogen and oxygen atoms in total. The van der Waals surface area contributed by atoms with Crippen LogP contribution in [0.5, 0.6) is 0 Å². The van der Waals surface area contributed by atoms with Gasteiger partial charge in [0.1, 0.15) is 12.6 Å². The fourth-order valence-corrected chi connectivity index (χ4v) is 4.86. The lowest BCUT2D eigenvalue weighted by atomic mass is 9.85. The van der Waals surface area contributed by atoms with Gasteiger partial charge in [-0.3, -0.25) is 9.59 Å². The lowest BCUT2D eigenvalue weighted by molar-refractivity contribution is -0.165. The van der Waals surface area contributed by atoms with Gasteiger partial charge in [0.2, 0.25) is 5.91 Å². The number of aliphatic hydroxyl groups excluding tert-OH is 3. The minimum atomic E-state index is -1.08. The molecule has 0 aromatic rings. The second kappa shape index (κ2) is 16.9. The molecule has 0 unspecified atom stereocenters. The molecule has 39 heavy (non-hydrogen) atoms. The SMILES string of the molecule is C/C(=C\C(=O)OCCCCCCCCC(=O)NCC(=O)O)C[C@@H]1OC[C@H](C[C@@H]2O[C@H]2[C@@H](C)[C@H](C)O)[C@@H](O)[C@H]1O. The second-order valence-electron chi connectivity index (χ2n) is 11.0. The Hall–Kier alpha value is -2.05. The zero-order valence-corrected chi connectivity index (χ0v) is 23.4. The molecule has 2 aliphatic rings. The van der Waals surface area contributed by atoms with Crippen LogP contribution in [0.1, 0.15) is 78.6 Å². The molecule has 0 bridgehead atoms. The van der Waals surface area contributed by atoms with Crippen molar-refractivity contribution in [3.63, 3.8) is 0 Å². The molecule has 5 N–H and O–H groups in total. The molecule has 2 rings (SSSR count). The largest absolute Gasteiger partial charge is 0.480 e. The van der Waals surface area contributed by atoms with E-state index in [9.17, 15) is 29.7 Å². The van der Waals surface area contributed by atoms with E-state index in [-0.39, 0.29) is 43.1 Å². The molecule has 0 saturated carbocycles. The molecule has 0 spiro atoms. The van der Waals surface area contributed by atoms with Crippen LogP contribution in [0.2, 0.25) is 0 Å². The topological polar surface area (TPSA) is 175 Å². The van der Waals surface area contributed by atoms with Crippen molar-refractivity contribution in [2.75, 3.05) is 19.8 Å². The van der Waals surface area contributed by atoms with Crippen LogP contribution in [0.3, 0.4) is 0 Å². The van der Waals surface area contributed by atoms with Gasteiger partial charge in [0, 0.05) is 24.3 Å². The minimum Gasteiger partial charge on any atom is -0.480 e. The highest BCUT2D eigenvalue weighted by Crippen LogP contribution is 2.38. The molecule has 0 aliphatic carbocycles. The van der Waals surface area contributed by atoms with E-state index in [4.69, 9.17) is 19.3 Å². The first-order chi connectivity index (χ1) is 18.5. The Morgan fingerprint density at radius 1 is 1.03 bits per heavy atom. The normalized spacial score (nSPS) is 28.4. The molecular formula is C28H47NO10. The zero-order chi connectivity index (χ0) is 28.9. The van der Waals surface area contributed by atoms with E-state index in [0.717, 1.165) is 32.1 Å². The summed E-state index contributed by atoms with van der Waals surface area (Å²) < 4.78 is 16.8. The number of esters is 1. The molecule has 1 amide bonds. The van der Waals surface area contributed by atoms with Gasteiger partial charge in [0.05, 0.1) is 43.7 Å². The predicted molar refractivity (Wildman–Crippen MR) is 142 cm³/mol. The number of carboxylic acids is 1. The van der Waals surface area contributed by atoms with Gasteiger partial charge in [-0.15, -0.1) is 0 Å². The lowest BCUT2D eigenvalue weighted by Gasteiger charge is -2.38. The van der Waals surface area contributed by atoms with Crippen LogP contribution in [-0.2, 0) is 28.6 Å². The van der Waals surface area contributed by atoms with Crippen molar-refractivity contribution in [3.8, 4) is 0 Å². The number of carbonyl (C=O) groups is 3. The van der Waals surface area contributed by atoms with Crippen molar-refractivity contribution >= 4 is 17.8 Å². The Balaban J connectivity index is 1.55. The van der Waals surface area contributed by atoms with Gasteiger partial charge in [-0.2, -0.15) is 0 Å². The Morgan fingerprint density at radius 2 is 1.69 bits per heavy atom. The van der Waals surface area contributed by atoms with Crippen LogP contribution >= 0.6 is 0 Å². The molecule has 2 fully saturated rings. The molecule has 224 valence electrons. The highest BCUT2D eigenvalue weighted by atomic mass is 16.6. The molecule has 2 saturated heterocycles. The zero-order valence-electron chi connectivity index (χ0n) is 23.4. The number of unbranched alkanes of at least 4 members (excludes halogenated alkanes) is 5. The monoisotopic (exact) mass is 557 g/mol. The highest BCUT2D eigenvalue weighted by Gasteiger charge is 2.48. The van der Waals surface area contributed by atoms with E-state index in [0.29, 0.717) is 37.9 Å². The number of epoxide rings is 1. The van der Waals surface area contributed by atoms with Crippen LogP contribution in [0.15, 0.2) is 11.6 Å². The van der Waals surface area contributed by atoms with Crippen LogP contribution in [-0.4, -0.2) is 94.7 Å². The summed E-state index contributed by atoms with van der Waals surface area (Å²) >= 11 is 0. The number of rotatable bonds is 18. The average molecular weight is 558 g/mol. The van der Waals surface area contributed by atoms with Crippen molar-refractivity contribution in [2.24, 2.45) is 11.8 Å². The van der Waals surface area contributed by atoms with E-state index in [1.54, 1.807) is 13.8 Å². The third-order valence-electron chi connectivity index (χ3n) is 7.54. The van der Waals surface area contributed by atoms with Crippen LogP contribution in [0.4, 0.5) is 0 Å². The van der Waals surface area contributed by atoms with Gasteiger partial charge in [-0.25, -0.2) is 4.79 Å². The van der Waals surface area contributed by atoms with Crippen molar-refractivity contribution < 1.29 is 49.0 Å². The minimum absolute atomic E-state index is 0.00653.